The van der Waals surface area contributed by atoms with Crippen LogP contribution in [0.5, 0.6) is 11.6 Å². The fourth-order valence-electron chi connectivity index (χ4n) is 8.80. The van der Waals surface area contributed by atoms with Crippen molar-refractivity contribution < 1.29 is 33.1 Å². The molecule has 7 rings (SSSR count). The first-order valence-electron chi connectivity index (χ1n) is 18.6. The summed E-state index contributed by atoms with van der Waals surface area (Å²) in [6, 6.07) is 20.7. The van der Waals surface area contributed by atoms with Gasteiger partial charge in [0.15, 0.2) is 22.9 Å². The predicted molar refractivity (Wildman–Crippen MR) is 204 cm³/mol. The Balaban J connectivity index is 1.33. The number of anilines is 1. The molecular formula is C43H50N4O7. The molecule has 54 heavy (non-hydrogen) atoms. The zero-order valence-electron chi connectivity index (χ0n) is 32.4. The molecule has 11 heteroatoms. The smallest absolute Gasteiger partial charge is 0.265 e. The normalized spacial score (nSPS) is 23.4. The van der Waals surface area contributed by atoms with Gasteiger partial charge in [0.25, 0.3) is 5.88 Å². The van der Waals surface area contributed by atoms with E-state index in [4.69, 9.17) is 18.7 Å². The largest absolute Gasteiger partial charge is 0.488 e. The van der Waals surface area contributed by atoms with Crippen molar-refractivity contribution in [2.75, 3.05) is 40.2 Å². The number of hydrogen-bond acceptors (Lipinski definition) is 11. The first kappa shape index (κ1) is 37.5. The number of hydrogen-bond donors (Lipinski definition) is 1. The molecule has 3 aromatic carbocycles. The molecule has 0 bridgehead atoms. The number of fused-ring (bicyclic) bond motifs is 4. The van der Waals surface area contributed by atoms with Crippen molar-refractivity contribution in [2.24, 2.45) is 17.8 Å². The zero-order chi connectivity index (χ0) is 38.5. The van der Waals surface area contributed by atoms with Crippen LogP contribution in [0.4, 0.5) is 5.69 Å². The molecule has 0 aliphatic heterocycles. The van der Waals surface area contributed by atoms with Gasteiger partial charge < -0.3 is 29.0 Å². The van der Waals surface area contributed by atoms with Crippen molar-refractivity contribution in [3.63, 3.8) is 0 Å². The molecule has 1 saturated carbocycles. The third-order valence-corrected chi connectivity index (χ3v) is 11.1. The number of benzene rings is 3. The number of rotatable bonds is 11. The molecule has 11 nitrogen and oxygen atoms in total. The standard InChI is InChI=1S/C43H50N4O7/c1-42(2,3)44-22-28-21-31(52-23-25-15-11-9-12-16-25)33-29(35(28)46(4)5)19-27-20-30-36(47(6)7)38-34(40(50)43(30,51-8)39(49)32(27)37(33)48)41(45-54-38)53-24-26-17-13-10-14-18-26/h9-18,21,27,30,32,36,44H,19-20,22-24H2,1-8H3. The van der Waals surface area contributed by atoms with Gasteiger partial charge in [-0.2, -0.15) is 0 Å². The molecule has 5 unspecified atom stereocenters. The Bertz CT molecular complexity index is 2050. The van der Waals surface area contributed by atoms with Crippen LogP contribution in [-0.2, 0) is 35.7 Å². The molecular weight excluding hydrogens is 684 g/mol. The summed E-state index contributed by atoms with van der Waals surface area (Å²) in [6.45, 7) is 7.27. The van der Waals surface area contributed by atoms with Gasteiger partial charge in [0, 0.05) is 44.9 Å². The SMILES string of the molecule is COC12C(=O)c3c(OCc4ccccc4)noc3C(N(C)C)C1CC1Cc3c(c(OCc4ccccc4)cc(CNC(C)(C)C)c3N(C)C)C(=O)C1C2=O. The van der Waals surface area contributed by atoms with E-state index in [0.29, 0.717) is 36.5 Å². The molecule has 1 heterocycles. The summed E-state index contributed by atoms with van der Waals surface area (Å²) in [4.78, 5) is 49.2. The Morgan fingerprint density at radius 1 is 0.907 bits per heavy atom. The van der Waals surface area contributed by atoms with Crippen LogP contribution in [-0.4, -0.2) is 73.8 Å². The molecule has 0 saturated heterocycles. The topological polar surface area (TPSA) is 123 Å². The molecule has 0 amide bonds. The Morgan fingerprint density at radius 3 is 2.11 bits per heavy atom. The van der Waals surface area contributed by atoms with E-state index in [0.717, 1.165) is 27.9 Å². The van der Waals surface area contributed by atoms with Crippen molar-refractivity contribution in [1.29, 1.82) is 0 Å². The number of aromatic nitrogens is 1. The van der Waals surface area contributed by atoms with Gasteiger partial charge in [-0.3, -0.25) is 19.3 Å². The van der Waals surface area contributed by atoms with Crippen molar-refractivity contribution in [2.45, 2.75) is 70.6 Å². The molecule has 284 valence electrons. The molecule has 1 fully saturated rings. The first-order valence-corrected chi connectivity index (χ1v) is 18.6. The Labute approximate surface area is 316 Å². The summed E-state index contributed by atoms with van der Waals surface area (Å²) in [7, 11) is 9.09. The number of nitrogens with one attached hydrogen (secondary N) is 1. The zero-order valence-corrected chi connectivity index (χ0v) is 32.4. The summed E-state index contributed by atoms with van der Waals surface area (Å²) >= 11 is 0. The highest BCUT2D eigenvalue weighted by Crippen LogP contribution is 2.57. The number of Topliss-reactive ketones (excluding diaryl/α,β-unsaturated/α-hetero) is 3. The minimum Gasteiger partial charge on any atom is -0.488 e. The number of methoxy groups -OCH3 is 1. The molecule has 3 aliphatic rings. The second-order valence-corrected chi connectivity index (χ2v) is 16.2. The lowest BCUT2D eigenvalue weighted by Crippen LogP contribution is -2.67. The van der Waals surface area contributed by atoms with Gasteiger partial charge in [0.1, 0.15) is 24.5 Å². The van der Waals surface area contributed by atoms with Crippen LogP contribution in [0.3, 0.4) is 0 Å². The third kappa shape index (κ3) is 6.41. The van der Waals surface area contributed by atoms with Gasteiger partial charge in [-0.1, -0.05) is 60.7 Å². The van der Waals surface area contributed by atoms with Gasteiger partial charge in [0.2, 0.25) is 5.78 Å². The Kier molecular flexibility index (Phi) is 10.0. The van der Waals surface area contributed by atoms with Crippen LogP contribution in [0.15, 0.2) is 71.3 Å². The predicted octanol–water partition coefficient (Wildman–Crippen LogP) is 6.23. The van der Waals surface area contributed by atoms with E-state index in [1.807, 2.05) is 105 Å². The fraction of sp³-hybridized carbons (Fsp3) is 0.442. The van der Waals surface area contributed by atoms with Gasteiger partial charge in [-0.25, -0.2) is 0 Å². The molecule has 5 atom stereocenters. The molecule has 0 spiro atoms. The quantitative estimate of drug-likeness (QED) is 0.177. The van der Waals surface area contributed by atoms with Crippen molar-refractivity contribution in [1.82, 2.24) is 15.4 Å². The van der Waals surface area contributed by atoms with Crippen molar-refractivity contribution in [3.8, 4) is 11.6 Å². The van der Waals surface area contributed by atoms with Gasteiger partial charge >= 0.3 is 0 Å². The average Bonchev–Trinajstić information content (AvgIpc) is 3.56. The minimum absolute atomic E-state index is 0.000522. The maximum absolute atomic E-state index is 15.2. The summed E-state index contributed by atoms with van der Waals surface area (Å²) in [5, 5.41) is 7.82. The lowest BCUT2D eigenvalue weighted by Gasteiger charge is -2.52. The molecule has 1 aromatic heterocycles. The minimum atomic E-state index is -1.96. The second-order valence-electron chi connectivity index (χ2n) is 16.2. The van der Waals surface area contributed by atoms with E-state index in [1.165, 1.54) is 7.11 Å². The van der Waals surface area contributed by atoms with Crippen LogP contribution in [0.1, 0.15) is 82.0 Å². The van der Waals surface area contributed by atoms with E-state index in [-0.39, 0.29) is 36.0 Å². The van der Waals surface area contributed by atoms with E-state index in [2.05, 4.69) is 31.2 Å². The number of nitrogens with zero attached hydrogens (tertiary/aromatic N) is 3. The van der Waals surface area contributed by atoms with Crippen LogP contribution < -0.4 is 19.7 Å². The van der Waals surface area contributed by atoms with E-state index < -0.39 is 41.0 Å². The number of carbonyl (C=O) groups excluding carboxylic acids is 3. The third-order valence-electron chi connectivity index (χ3n) is 11.1. The van der Waals surface area contributed by atoms with Gasteiger partial charge in [-0.05, 0) is 87.1 Å². The summed E-state index contributed by atoms with van der Waals surface area (Å²) in [5.41, 5.74) is 2.94. The van der Waals surface area contributed by atoms with E-state index >= 15 is 9.59 Å². The molecule has 0 radical (unpaired) electrons. The van der Waals surface area contributed by atoms with Gasteiger partial charge in [0.05, 0.1) is 17.5 Å². The molecule has 3 aliphatic carbocycles. The Hall–Kier alpha value is -4.84. The highest BCUT2D eigenvalue weighted by molar-refractivity contribution is 6.27. The highest BCUT2D eigenvalue weighted by atomic mass is 16.5. The number of ketones is 3. The van der Waals surface area contributed by atoms with E-state index in [9.17, 15) is 4.79 Å². The highest BCUT2D eigenvalue weighted by Gasteiger charge is 2.68. The van der Waals surface area contributed by atoms with Crippen LogP contribution in [0.2, 0.25) is 0 Å². The van der Waals surface area contributed by atoms with E-state index in [1.54, 1.807) is 0 Å². The summed E-state index contributed by atoms with van der Waals surface area (Å²) < 4.78 is 24.6. The number of carbonyl (C=O) groups is 3. The van der Waals surface area contributed by atoms with Crippen molar-refractivity contribution >= 4 is 23.0 Å². The fourth-order valence-corrected chi connectivity index (χ4v) is 8.80. The summed E-state index contributed by atoms with van der Waals surface area (Å²) in [5.74, 6) is -2.90. The maximum atomic E-state index is 15.2. The first-order chi connectivity index (χ1) is 25.8. The lowest BCUT2D eigenvalue weighted by molar-refractivity contribution is -0.159. The van der Waals surface area contributed by atoms with Gasteiger partial charge in [-0.15, -0.1) is 0 Å². The monoisotopic (exact) mass is 734 g/mol. The lowest BCUT2D eigenvalue weighted by atomic mass is 9.54. The average molecular weight is 735 g/mol. The second kappa shape index (κ2) is 14.4. The van der Waals surface area contributed by atoms with Crippen LogP contribution in [0.25, 0.3) is 0 Å². The van der Waals surface area contributed by atoms with Crippen molar-refractivity contribution in [3.05, 3.63) is 106 Å². The van der Waals surface area contributed by atoms with Crippen LogP contribution in [0, 0.1) is 17.8 Å². The van der Waals surface area contributed by atoms with Crippen LogP contribution >= 0.6 is 0 Å². The Morgan fingerprint density at radius 2 is 1.54 bits per heavy atom. The number of ether oxygens (including phenoxy) is 3. The summed E-state index contributed by atoms with van der Waals surface area (Å²) in [6.07, 6.45) is 0.803. The molecule has 1 N–H and O–H groups in total. The maximum Gasteiger partial charge on any atom is 0.265 e. The molecule has 4 aromatic rings.